The van der Waals surface area contributed by atoms with Gasteiger partial charge in [0.05, 0.1) is 22.0 Å². The second-order valence-electron chi connectivity index (χ2n) is 5.36. The SMILES string of the molecule is O=C1NC(=S)SC1=Cc1ccc2c(c1)N(C(=O)c1cccs1)CCO2. The summed E-state index contributed by atoms with van der Waals surface area (Å²) in [7, 11) is 0. The van der Waals surface area contributed by atoms with Gasteiger partial charge in [-0.3, -0.25) is 9.59 Å². The summed E-state index contributed by atoms with van der Waals surface area (Å²) in [5, 5.41) is 4.48. The molecule has 2 aliphatic rings. The van der Waals surface area contributed by atoms with Crippen LogP contribution in [0.25, 0.3) is 6.08 Å². The minimum atomic E-state index is -0.199. The fourth-order valence-corrected chi connectivity index (χ4v) is 4.36. The van der Waals surface area contributed by atoms with Crippen LogP contribution in [0.5, 0.6) is 5.75 Å². The Morgan fingerprint density at radius 1 is 1.36 bits per heavy atom. The predicted octanol–water partition coefficient (Wildman–Crippen LogP) is 3.28. The van der Waals surface area contributed by atoms with Crippen molar-refractivity contribution in [3.05, 3.63) is 51.1 Å². The van der Waals surface area contributed by atoms with E-state index in [1.165, 1.54) is 23.1 Å². The molecule has 1 saturated heterocycles. The lowest BCUT2D eigenvalue weighted by molar-refractivity contribution is -0.115. The number of nitrogens with zero attached hydrogens (tertiary/aromatic N) is 1. The third kappa shape index (κ3) is 3.20. The smallest absolute Gasteiger partial charge is 0.268 e. The molecule has 8 heteroatoms. The molecule has 0 atom stereocenters. The van der Waals surface area contributed by atoms with Crippen LogP contribution in [0.2, 0.25) is 0 Å². The van der Waals surface area contributed by atoms with Crippen LogP contribution in [0.4, 0.5) is 5.69 Å². The van der Waals surface area contributed by atoms with E-state index in [1.54, 1.807) is 11.0 Å². The van der Waals surface area contributed by atoms with Crippen LogP contribution in [0.3, 0.4) is 0 Å². The van der Waals surface area contributed by atoms with Crippen molar-refractivity contribution in [2.45, 2.75) is 0 Å². The average Bonchev–Trinajstić information content (AvgIpc) is 3.24. The number of anilines is 1. The lowest BCUT2D eigenvalue weighted by atomic mass is 10.1. The summed E-state index contributed by atoms with van der Waals surface area (Å²) in [6.45, 7) is 0.945. The Balaban J connectivity index is 1.69. The van der Waals surface area contributed by atoms with E-state index in [0.29, 0.717) is 38.7 Å². The van der Waals surface area contributed by atoms with Gasteiger partial charge in [0.25, 0.3) is 11.8 Å². The van der Waals surface area contributed by atoms with Crippen LogP contribution in [-0.2, 0) is 4.79 Å². The van der Waals surface area contributed by atoms with Crippen molar-refractivity contribution in [2.75, 3.05) is 18.1 Å². The van der Waals surface area contributed by atoms with Gasteiger partial charge in [-0.15, -0.1) is 11.3 Å². The minimum absolute atomic E-state index is 0.0430. The zero-order valence-electron chi connectivity index (χ0n) is 12.9. The van der Waals surface area contributed by atoms with E-state index in [1.807, 2.05) is 35.7 Å². The number of carbonyl (C=O) groups excluding carboxylic acids is 2. The number of benzene rings is 1. The van der Waals surface area contributed by atoms with Crippen molar-refractivity contribution >= 4 is 63.2 Å². The number of amides is 2. The maximum atomic E-state index is 12.8. The van der Waals surface area contributed by atoms with E-state index < -0.39 is 0 Å². The molecule has 5 nitrogen and oxygen atoms in total. The van der Waals surface area contributed by atoms with Gasteiger partial charge in [0, 0.05) is 0 Å². The molecule has 2 aromatic rings. The molecule has 1 fully saturated rings. The number of thioether (sulfide) groups is 1. The second kappa shape index (κ2) is 6.62. The summed E-state index contributed by atoms with van der Waals surface area (Å²) in [5.74, 6) is 0.423. The number of rotatable bonds is 2. The van der Waals surface area contributed by atoms with Gasteiger partial charge in [-0.1, -0.05) is 36.1 Å². The van der Waals surface area contributed by atoms with Crippen LogP contribution in [0.1, 0.15) is 15.2 Å². The molecule has 4 rings (SSSR count). The van der Waals surface area contributed by atoms with Gasteiger partial charge in [0.1, 0.15) is 16.7 Å². The Morgan fingerprint density at radius 2 is 2.24 bits per heavy atom. The van der Waals surface area contributed by atoms with Crippen molar-refractivity contribution in [2.24, 2.45) is 0 Å². The highest BCUT2D eigenvalue weighted by Crippen LogP contribution is 2.35. The summed E-state index contributed by atoms with van der Waals surface area (Å²) in [4.78, 5) is 27.5. The van der Waals surface area contributed by atoms with E-state index in [-0.39, 0.29) is 11.8 Å². The summed E-state index contributed by atoms with van der Waals surface area (Å²) < 4.78 is 6.12. The number of thiophene rings is 1. The lowest BCUT2D eigenvalue weighted by Gasteiger charge is -2.29. The number of hydrogen-bond acceptors (Lipinski definition) is 6. The molecule has 1 aromatic carbocycles. The Hall–Kier alpha value is -2.16. The van der Waals surface area contributed by atoms with E-state index >= 15 is 0 Å². The number of hydrogen-bond donors (Lipinski definition) is 1. The first-order chi connectivity index (χ1) is 12.1. The quantitative estimate of drug-likeness (QED) is 0.632. The van der Waals surface area contributed by atoms with E-state index in [0.717, 1.165) is 5.56 Å². The molecule has 25 heavy (non-hydrogen) atoms. The first-order valence-electron chi connectivity index (χ1n) is 7.49. The largest absolute Gasteiger partial charge is 0.490 e. The lowest BCUT2D eigenvalue weighted by Crippen LogP contribution is -2.37. The molecule has 0 unspecified atom stereocenters. The van der Waals surface area contributed by atoms with Gasteiger partial charge in [-0.2, -0.15) is 0 Å². The van der Waals surface area contributed by atoms with Gasteiger partial charge >= 0.3 is 0 Å². The van der Waals surface area contributed by atoms with Gasteiger partial charge in [0.2, 0.25) is 0 Å². The van der Waals surface area contributed by atoms with Crippen LogP contribution in [-0.4, -0.2) is 29.3 Å². The molecule has 3 heterocycles. The highest BCUT2D eigenvalue weighted by Gasteiger charge is 2.26. The van der Waals surface area contributed by atoms with E-state index in [9.17, 15) is 9.59 Å². The van der Waals surface area contributed by atoms with Gasteiger partial charge in [-0.05, 0) is 35.2 Å². The molecular formula is C17H12N2O3S3. The number of nitrogens with one attached hydrogen (secondary N) is 1. The number of fused-ring (bicyclic) bond motifs is 1. The highest BCUT2D eigenvalue weighted by molar-refractivity contribution is 8.26. The van der Waals surface area contributed by atoms with Crippen LogP contribution < -0.4 is 15.0 Å². The van der Waals surface area contributed by atoms with E-state index in [4.69, 9.17) is 17.0 Å². The van der Waals surface area contributed by atoms with E-state index in [2.05, 4.69) is 5.32 Å². The third-order valence-electron chi connectivity index (χ3n) is 3.76. The molecule has 1 aromatic heterocycles. The Morgan fingerprint density at radius 3 is 2.96 bits per heavy atom. The van der Waals surface area contributed by atoms with Crippen molar-refractivity contribution < 1.29 is 14.3 Å². The fourth-order valence-electron chi connectivity index (χ4n) is 2.64. The van der Waals surface area contributed by atoms with Crippen molar-refractivity contribution in [1.29, 1.82) is 0 Å². The monoisotopic (exact) mass is 388 g/mol. The summed E-state index contributed by atoms with van der Waals surface area (Å²) in [6.07, 6.45) is 1.77. The van der Waals surface area contributed by atoms with Gasteiger partial charge in [-0.25, -0.2) is 0 Å². The van der Waals surface area contributed by atoms with Crippen LogP contribution in [0, 0.1) is 0 Å². The number of thiocarbonyl (C=S) groups is 1. The van der Waals surface area contributed by atoms with Crippen molar-refractivity contribution in [3.8, 4) is 5.75 Å². The summed E-state index contributed by atoms with van der Waals surface area (Å²) >= 11 is 7.65. The average molecular weight is 388 g/mol. The summed E-state index contributed by atoms with van der Waals surface area (Å²) in [5.41, 5.74) is 1.53. The first kappa shape index (κ1) is 16.3. The zero-order chi connectivity index (χ0) is 17.4. The molecule has 0 saturated carbocycles. The Labute approximate surface area is 157 Å². The summed E-state index contributed by atoms with van der Waals surface area (Å²) in [6, 6.07) is 9.22. The maximum Gasteiger partial charge on any atom is 0.268 e. The van der Waals surface area contributed by atoms with Gasteiger partial charge in [0.15, 0.2) is 0 Å². The van der Waals surface area contributed by atoms with Crippen LogP contribution >= 0.6 is 35.3 Å². The Kier molecular flexibility index (Phi) is 4.32. The van der Waals surface area contributed by atoms with Gasteiger partial charge < -0.3 is 15.0 Å². The molecule has 0 bridgehead atoms. The molecular weight excluding hydrogens is 376 g/mol. The highest BCUT2D eigenvalue weighted by atomic mass is 32.2. The standard InChI is InChI=1S/C17H12N2O3S3/c20-15-14(25-17(23)18-15)9-10-3-4-12-11(8-10)19(5-6-22-12)16(21)13-2-1-7-24-13/h1-4,7-9H,5-6H2,(H,18,20,23). The normalized spacial score (nSPS) is 18.1. The molecule has 2 aliphatic heterocycles. The predicted molar refractivity (Wildman–Crippen MR) is 104 cm³/mol. The third-order valence-corrected chi connectivity index (χ3v) is 5.78. The molecule has 0 aliphatic carbocycles. The molecule has 0 radical (unpaired) electrons. The maximum absolute atomic E-state index is 12.8. The molecule has 0 spiro atoms. The van der Waals surface area contributed by atoms with Crippen molar-refractivity contribution in [1.82, 2.24) is 5.32 Å². The van der Waals surface area contributed by atoms with Crippen molar-refractivity contribution in [3.63, 3.8) is 0 Å². The molecule has 2 amide bonds. The number of ether oxygens (including phenoxy) is 1. The topological polar surface area (TPSA) is 58.6 Å². The zero-order valence-corrected chi connectivity index (χ0v) is 15.3. The molecule has 126 valence electrons. The fraction of sp³-hybridized carbons (Fsp3) is 0.118. The first-order valence-corrected chi connectivity index (χ1v) is 9.59. The van der Waals surface area contributed by atoms with Crippen LogP contribution in [0.15, 0.2) is 40.6 Å². The minimum Gasteiger partial charge on any atom is -0.490 e. The number of carbonyl (C=O) groups is 2. The molecule has 1 N–H and O–H groups in total. The second-order valence-corrected chi connectivity index (χ2v) is 8.03. The Bertz CT molecular complexity index is 906.